The highest BCUT2D eigenvalue weighted by molar-refractivity contribution is 7.89. The highest BCUT2D eigenvalue weighted by atomic mass is 32.2. The van der Waals surface area contributed by atoms with Crippen molar-refractivity contribution in [2.24, 2.45) is 0 Å². The molecule has 0 aliphatic rings. The normalized spacial score (nSPS) is 11.3. The van der Waals surface area contributed by atoms with E-state index < -0.39 is 10.0 Å². The van der Waals surface area contributed by atoms with E-state index in [0.29, 0.717) is 12.2 Å². The van der Waals surface area contributed by atoms with Crippen LogP contribution < -0.4 is 10.6 Å². The molecule has 2 aromatic carbocycles. The second-order valence-corrected chi connectivity index (χ2v) is 8.92. The third-order valence-corrected chi connectivity index (χ3v) is 6.49. The molecule has 0 aliphatic carbocycles. The van der Waals surface area contributed by atoms with E-state index in [1.165, 1.54) is 16.4 Å². The molecule has 1 heterocycles. The average molecular weight is 425 g/mol. The summed E-state index contributed by atoms with van der Waals surface area (Å²) in [7, 11) is -2.09. The Kier molecular flexibility index (Phi) is 6.81. The standard InChI is InChI=1S/C22H24N4O3S/c1-17-5-3-4-6-19(17)16-26(2)30(28,29)21-9-7-20(8-10-21)25-22(27)24-15-18-11-13-23-14-12-18/h3-14H,15-16H2,1-2H3,(H2,24,25,27). The Bertz CT molecular complexity index is 1100. The van der Waals surface area contributed by atoms with Crippen LogP contribution in [0.1, 0.15) is 16.7 Å². The van der Waals surface area contributed by atoms with E-state index in [1.54, 1.807) is 31.6 Å². The van der Waals surface area contributed by atoms with Gasteiger partial charge in [-0.15, -0.1) is 0 Å². The van der Waals surface area contributed by atoms with Gasteiger partial charge in [-0.05, 0) is 60.0 Å². The van der Waals surface area contributed by atoms with Crippen LogP contribution in [0.2, 0.25) is 0 Å². The van der Waals surface area contributed by atoms with Crippen molar-refractivity contribution in [2.45, 2.75) is 24.9 Å². The van der Waals surface area contributed by atoms with Gasteiger partial charge in [-0.2, -0.15) is 4.31 Å². The van der Waals surface area contributed by atoms with Crippen molar-refractivity contribution in [3.8, 4) is 0 Å². The van der Waals surface area contributed by atoms with E-state index >= 15 is 0 Å². The molecular weight excluding hydrogens is 400 g/mol. The maximum atomic E-state index is 12.9. The fraction of sp³-hybridized carbons (Fsp3) is 0.182. The summed E-state index contributed by atoms with van der Waals surface area (Å²) in [5.41, 5.74) is 3.42. The minimum absolute atomic E-state index is 0.168. The zero-order valence-corrected chi connectivity index (χ0v) is 17.7. The molecule has 0 fully saturated rings. The van der Waals surface area contributed by atoms with Crippen LogP contribution in [0.15, 0.2) is 78.0 Å². The summed E-state index contributed by atoms with van der Waals surface area (Å²) in [6, 6.07) is 17.1. The van der Waals surface area contributed by atoms with Crippen LogP contribution in [-0.2, 0) is 23.1 Å². The predicted molar refractivity (Wildman–Crippen MR) is 116 cm³/mol. The monoisotopic (exact) mass is 424 g/mol. The molecule has 2 amide bonds. The Morgan fingerprint density at radius 1 is 1.00 bits per heavy atom. The van der Waals surface area contributed by atoms with Gasteiger partial charge in [0.05, 0.1) is 4.90 Å². The Morgan fingerprint density at radius 3 is 2.33 bits per heavy atom. The summed E-state index contributed by atoms with van der Waals surface area (Å²) in [5, 5.41) is 5.43. The van der Waals surface area contributed by atoms with Crippen LogP contribution in [-0.4, -0.2) is 30.8 Å². The quantitative estimate of drug-likeness (QED) is 0.607. The van der Waals surface area contributed by atoms with Crippen LogP contribution in [0.5, 0.6) is 0 Å². The van der Waals surface area contributed by atoms with Gasteiger partial charge in [0.1, 0.15) is 0 Å². The van der Waals surface area contributed by atoms with Crippen LogP contribution >= 0.6 is 0 Å². The van der Waals surface area contributed by atoms with Gasteiger partial charge in [-0.25, -0.2) is 13.2 Å². The number of hydrogen-bond acceptors (Lipinski definition) is 4. The molecule has 2 N–H and O–H groups in total. The minimum Gasteiger partial charge on any atom is -0.334 e. The van der Waals surface area contributed by atoms with Crippen molar-refractivity contribution in [2.75, 3.05) is 12.4 Å². The summed E-state index contributed by atoms with van der Waals surface area (Å²) in [4.78, 5) is 16.1. The average Bonchev–Trinajstić information content (AvgIpc) is 2.75. The molecule has 156 valence electrons. The van der Waals surface area contributed by atoms with Crippen LogP contribution in [0.3, 0.4) is 0 Å². The summed E-state index contributed by atoms with van der Waals surface area (Å²) in [6.07, 6.45) is 3.31. The number of urea groups is 1. The molecule has 7 nitrogen and oxygen atoms in total. The summed E-state index contributed by atoms with van der Waals surface area (Å²) < 4.78 is 27.0. The molecule has 8 heteroatoms. The number of carbonyl (C=O) groups is 1. The number of aryl methyl sites for hydroxylation is 1. The number of sulfonamides is 1. The second kappa shape index (κ2) is 9.51. The Morgan fingerprint density at radius 2 is 1.67 bits per heavy atom. The smallest absolute Gasteiger partial charge is 0.319 e. The molecule has 3 aromatic rings. The lowest BCUT2D eigenvalue weighted by molar-refractivity contribution is 0.251. The molecular formula is C22H24N4O3S. The van der Waals surface area contributed by atoms with Gasteiger partial charge in [0.15, 0.2) is 0 Å². The maximum absolute atomic E-state index is 12.9. The maximum Gasteiger partial charge on any atom is 0.319 e. The van der Waals surface area contributed by atoms with E-state index in [0.717, 1.165) is 16.7 Å². The van der Waals surface area contributed by atoms with E-state index in [9.17, 15) is 13.2 Å². The lowest BCUT2D eigenvalue weighted by Gasteiger charge is -2.18. The highest BCUT2D eigenvalue weighted by Gasteiger charge is 2.21. The van der Waals surface area contributed by atoms with Crippen molar-refractivity contribution >= 4 is 21.7 Å². The van der Waals surface area contributed by atoms with Gasteiger partial charge in [0.2, 0.25) is 10.0 Å². The van der Waals surface area contributed by atoms with Crippen molar-refractivity contribution in [1.82, 2.24) is 14.6 Å². The van der Waals surface area contributed by atoms with Crippen LogP contribution in [0.25, 0.3) is 0 Å². The molecule has 3 rings (SSSR count). The number of hydrogen-bond donors (Lipinski definition) is 2. The van der Waals surface area contributed by atoms with Crippen LogP contribution in [0, 0.1) is 6.92 Å². The predicted octanol–water partition coefficient (Wildman–Crippen LogP) is 3.53. The zero-order valence-electron chi connectivity index (χ0n) is 16.9. The number of pyridine rings is 1. The minimum atomic E-state index is -3.65. The number of anilines is 1. The number of carbonyl (C=O) groups excluding carboxylic acids is 1. The zero-order chi connectivity index (χ0) is 21.6. The lowest BCUT2D eigenvalue weighted by atomic mass is 10.1. The largest absolute Gasteiger partial charge is 0.334 e. The van der Waals surface area contributed by atoms with E-state index in [1.807, 2.05) is 43.3 Å². The lowest BCUT2D eigenvalue weighted by Crippen LogP contribution is -2.28. The van der Waals surface area contributed by atoms with Crippen LogP contribution in [0.4, 0.5) is 10.5 Å². The molecule has 1 aromatic heterocycles. The van der Waals surface area contributed by atoms with Gasteiger partial charge in [-0.1, -0.05) is 24.3 Å². The number of nitrogens with one attached hydrogen (secondary N) is 2. The number of rotatable bonds is 7. The first-order chi connectivity index (χ1) is 14.4. The number of aromatic nitrogens is 1. The fourth-order valence-corrected chi connectivity index (χ4v) is 4.01. The molecule has 0 bridgehead atoms. The number of amides is 2. The van der Waals surface area contributed by atoms with Gasteiger partial charge >= 0.3 is 6.03 Å². The van der Waals surface area contributed by atoms with Gasteiger partial charge in [-0.3, -0.25) is 4.98 Å². The van der Waals surface area contributed by atoms with Crippen molar-refractivity contribution in [3.63, 3.8) is 0 Å². The fourth-order valence-electron chi connectivity index (χ4n) is 2.86. The topological polar surface area (TPSA) is 91.4 Å². The summed E-state index contributed by atoms with van der Waals surface area (Å²) >= 11 is 0. The Labute approximate surface area is 176 Å². The van der Waals surface area contributed by atoms with Crippen molar-refractivity contribution < 1.29 is 13.2 Å². The van der Waals surface area contributed by atoms with E-state index in [2.05, 4.69) is 15.6 Å². The SMILES string of the molecule is Cc1ccccc1CN(C)S(=O)(=O)c1ccc(NC(=O)NCc2ccncc2)cc1. The Balaban J connectivity index is 1.61. The van der Waals surface area contributed by atoms with Crippen molar-refractivity contribution in [1.29, 1.82) is 0 Å². The molecule has 0 saturated carbocycles. The van der Waals surface area contributed by atoms with Gasteiger partial charge < -0.3 is 10.6 Å². The first-order valence-corrected chi connectivity index (χ1v) is 10.8. The summed E-state index contributed by atoms with van der Waals surface area (Å²) in [6.45, 7) is 2.60. The van der Waals surface area contributed by atoms with E-state index in [-0.39, 0.29) is 17.5 Å². The number of nitrogens with zero attached hydrogens (tertiary/aromatic N) is 2. The molecule has 0 aliphatic heterocycles. The highest BCUT2D eigenvalue weighted by Crippen LogP contribution is 2.20. The molecule has 30 heavy (non-hydrogen) atoms. The van der Waals surface area contributed by atoms with Gasteiger partial charge in [0.25, 0.3) is 0 Å². The molecule has 0 unspecified atom stereocenters. The first-order valence-electron chi connectivity index (χ1n) is 9.41. The number of benzene rings is 2. The van der Waals surface area contributed by atoms with Gasteiger partial charge in [0, 0.05) is 38.2 Å². The Hall–Kier alpha value is -3.23. The third kappa shape index (κ3) is 5.43. The molecule has 0 spiro atoms. The molecule has 0 atom stereocenters. The van der Waals surface area contributed by atoms with Crippen molar-refractivity contribution in [3.05, 3.63) is 89.7 Å². The molecule has 0 radical (unpaired) electrons. The third-order valence-electron chi connectivity index (χ3n) is 4.68. The second-order valence-electron chi connectivity index (χ2n) is 6.88. The summed E-state index contributed by atoms with van der Waals surface area (Å²) in [5.74, 6) is 0. The molecule has 0 saturated heterocycles. The van der Waals surface area contributed by atoms with E-state index in [4.69, 9.17) is 0 Å². The first kappa shape index (κ1) is 21.5.